The maximum Gasteiger partial charge on any atom is 0.417 e. The fourth-order valence-corrected chi connectivity index (χ4v) is 4.85. The molecular formula is C22H21F6N7O. The summed E-state index contributed by atoms with van der Waals surface area (Å²) >= 11 is 0. The first-order chi connectivity index (χ1) is 17.0. The van der Waals surface area contributed by atoms with Crippen molar-refractivity contribution in [1.82, 2.24) is 29.6 Å². The molecule has 3 aromatic heterocycles. The van der Waals surface area contributed by atoms with Crippen molar-refractivity contribution in [2.45, 2.75) is 45.0 Å². The van der Waals surface area contributed by atoms with Crippen LogP contribution in [0.2, 0.25) is 0 Å². The molecule has 2 saturated heterocycles. The van der Waals surface area contributed by atoms with E-state index in [1.807, 2.05) is 4.90 Å². The van der Waals surface area contributed by atoms with Crippen LogP contribution >= 0.6 is 0 Å². The molecule has 14 heteroatoms. The summed E-state index contributed by atoms with van der Waals surface area (Å²) in [5.74, 6) is -0.791. The molecule has 0 aliphatic carbocycles. The first-order valence-electron chi connectivity index (χ1n) is 11.2. The molecule has 5 rings (SSSR count). The number of hydrogen-bond donors (Lipinski definition) is 0. The molecule has 2 aliphatic rings. The van der Waals surface area contributed by atoms with Crippen molar-refractivity contribution in [1.29, 1.82) is 0 Å². The molecule has 3 aromatic rings. The summed E-state index contributed by atoms with van der Waals surface area (Å²) in [7, 11) is 0. The standard InChI is InChI=1S/C22H21F6N7O/c23-14-5-13(22(26,27)28)7-29-16(14)10-34-12-21(6-19(34)36)1-3-33(4-2-21)18-9-30-15-8-31-35(11-17(24)25)20(15)32-18/h5,7-9,17H,1-4,6,10-12H2. The Kier molecular flexibility index (Phi) is 5.99. The molecule has 0 saturated carbocycles. The summed E-state index contributed by atoms with van der Waals surface area (Å²) in [6.45, 7) is 0.629. The van der Waals surface area contributed by atoms with E-state index in [-0.39, 0.29) is 35.6 Å². The minimum atomic E-state index is -4.70. The first-order valence-corrected chi connectivity index (χ1v) is 11.2. The van der Waals surface area contributed by atoms with Gasteiger partial charge in [0.15, 0.2) is 5.65 Å². The first kappa shape index (κ1) is 24.3. The zero-order chi connectivity index (χ0) is 25.7. The Bertz CT molecular complexity index is 1290. The van der Waals surface area contributed by atoms with E-state index in [9.17, 15) is 31.1 Å². The number of hydrogen-bond acceptors (Lipinski definition) is 6. The summed E-state index contributed by atoms with van der Waals surface area (Å²) in [4.78, 5) is 28.4. The highest BCUT2D eigenvalue weighted by Crippen LogP contribution is 2.42. The quantitative estimate of drug-likeness (QED) is 0.485. The van der Waals surface area contributed by atoms with Gasteiger partial charge >= 0.3 is 6.18 Å². The fraction of sp³-hybridized carbons (Fsp3) is 0.500. The number of nitrogens with zero attached hydrogens (tertiary/aromatic N) is 7. The van der Waals surface area contributed by atoms with Gasteiger partial charge in [-0.05, 0) is 18.9 Å². The van der Waals surface area contributed by atoms with Crippen molar-refractivity contribution < 1.29 is 31.1 Å². The summed E-state index contributed by atoms with van der Waals surface area (Å²) in [5.41, 5.74) is -1.07. The van der Waals surface area contributed by atoms with E-state index in [1.165, 1.54) is 11.1 Å². The lowest BCUT2D eigenvalue weighted by Crippen LogP contribution is -2.42. The Balaban J connectivity index is 1.25. The van der Waals surface area contributed by atoms with Gasteiger partial charge in [-0.3, -0.25) is 9.78 Å². The van der Waals surface area contributed by atoms with Crippen molar-refractivity contribution in [2.24, 2.45) is 5.41 Å². The molecule has 0 aromatic carbocycles. The van der Waals surface area contributed by atoms with Crippen LogP contribution < -0.4 is 4.90 Å². The number of carbonyl (C=O) groups excluding carboxylic acids is 1. The summed E-state index contributed by atoms with van der Waals surface area (Å²) in [6, 6.07) is 0.391. The van der Waals surface area contributed by atoms with Gasteiger partial charge in [-0.25, -0.2) is 27.8 Å². The van der Waals surface area contributed by atoms with Crippen LogP contribution in [0.5, 0.6) is 0 Å². The second-order valence-corrected chi connectivity index (χ2v) is 9.22. The maximum absolute atomic E-state index is 14.3. The number of likely N-dealkylation sites (tertiary alicyclic amines) is 1. The van der Waals surface area contributed by atoms with Crippen molar-refractivity contribution in [3.05, 3.63) is 41.7 Å². The number of pyridine rings is 1. The molecule has 1 amide bonds. The Hall–Kier alpha value is -3.45. The van der Waals surface area contributed by atoms with Crippen molar-refractivity contribution in [2.75, 3.05) is 24.5 Å². The second kappa shape index (κ2) is 8.89. The van der Waals surface area contributed by atoms with Gasteiger partial charge in [0.05, 0.1) is 30.2 Å². The van der Waals surface area contributed by atoms with E-state index in [0.29, 0.717) is 56.1 Å². The smallest absolute Gasteiger partial charge is 0.355 e. The lowest BCUT2D eigenvalue weighted by atomic mass is 9.77. The third kappa shape index (κ3) is 4.67. The van der Waals surface area contributed by atoms with Gasteiger partial charge < -0.3 is 9.80 Å². The number of rotatable bonds is 5. The molecule has 5 heterocycles. The SMILES string of the molecule is O=C1CC2(CCN(c3cnc4cnn(CC(F)F)c4n3)CC2)CN1Cc1ncc(C(F)(F)F)cc1F. The molecule has 0 bridgehead atoms. The number of carbonyl (C=O) groups is 1. The van der Waals surface area contributed by atoms with Gasteiger partial charge in [-0.1, -0.05) is 0 Å². The lowest BCUT2D eigenvalue weighted by molar-refractivity contribution is -0.138. The van der Waals surface area contributed by atoms with Crippen LogP contribution in [-0.4, -0.2) is 61.6 Å². The van der Waals surface area contributed by atoms with Crippen molar-refractivity contribution in [3.8, 4) is 0 Å². The minimum absolute atomic E-state index is 0.204. The van der Waals surface area contributed by atoms with Gasteiger partial charge in [0.2, 0.25) is 5.91 Å². The number of anilines is 1. The molecule has 2 fully saturated rings. The van der Waals surface area contributed by atoms with E-state index >= 15 is 0 Å². The largest absolute Gasteiger partial charge is 0.417 e. The van der Waals surface area contributed by atoms with Crippen LogP contribution in [0.15, 0.2) is 24.7 Å². The van der Waals surface area contributed by atoms with Crippen LogP contribution in [0.3, 0.4) is 0 Å². The number of amides is 1. The number of aromatic nitrogens is 5. The number of halogens is 6. The summed E-state index contributed by atoms with van der Waals surface area (Å²) in [6.07, 6.45) is -2.30. The average molecular weight is 513 g/mol. The highest BCUT2D eigenvalue weighted by atomic mass is 19.4. The molecule has 0 unspecified atom stereocenters. The van der Waals surface area contributed by atoms with E-state index < -0.39 is 30.5 Å². The number of piperidine rings is 1. The molecule has 36 heavy (non-hydrogen) atoms. The number of alkyl halides is 5. The molecule has 0 atom stereocenters. The normalized spacial score (nSPS) is 18.2. The van der Waals surface area contributed by atoms with E-state index in [0.717, 1.165) is 4.68 Å². The topological polar surface area (TPSA) is 80.0 Å². The molecule has 1 spiro atoms. The summed E-state index contributed by atoms with van der Waals surface area (Å²) in [5, 5.41) is 3.92. The molecular weight excluding hydrogens is 492 g/mol. The monoisotopic (exact) mass is 513 g/mol. The third-order valence-corrected chi connectivity index (χ3v) is 6.78. The van der Waals surface area contributed by atoms with E-state index in [1.54, 1.807) is 6.20 Å². The Morgan fingerprint density at radius 2 is 1.83 bits per heavy atom. The molecule has 0 N–H and O–H groups in total. The van der Waals surface area contributed by atoms with Crippen LogP contribution in [-0.2, 0) is 24.1 Å². The lowest BCUT2D eigenvalue weighted by Gasteiger charge is -2.39. The Morgan fingerprint density at radius 3 is 2.50 bits per heavy atom. The molecule has 8 nitrogen and oxygen atoms in total. The zero-order valence-corrected chi connectivity index (χ0v) is 18.9. The van der Waals surface area contributed by atoms with Crippen molar-refractivity contribution >= 4 is 22.9 Å². The van der Waals surface area contributed by atoms with Crippen LogP contribution in [0.1, 0.15) is 30.5 Å². The summed E-state index contributed by atoms with van der Waals surface area (Å²) < 4.78 is 79.3. The van der Waals surface area contributed by atoms with Gasteiger partial charge in [0.25, 0.3) is 6.43 Å². The van der Waals surface area contributed by atoms with Gasteiger partial charge in [0, 0.05) is 37.7 Å². The maximum atomic E-state index is 14.3. The minimum Gasteiger partial charge on any atom is -0.355 e. The van der Waals surface area contributed by atoms with E-state index in [2.05, 4.69) is 20.1 Å². The van der Waals surface area contributed by atoms with Crippen LogP contribution in [0, 0.1) is 11.2 Å². The second-order valence-electron chi connectivity index (χ2n) is 9.22. The predicted molar refractivity (Wildman–Crippen MR) is 114 cm³/mol. The van der Waals surface area contributed by atoms with Crippen LogP contribution in [0.25, 0.3) is 11.2 Å². The number of fused-ring (bicyclic) bond motifs is 1. The highest BCUT2D eigenvalue weighted by molar-refractivity contribution is 5.79. The Labute approximate surface area is 200 Å². The van der Waals surface area contributed by atoms with Gasteiger partial charge in [-0.15, -0.1) is 0 Å². The van der Waals surface area contributed by atoms with E-state index in [4.69, 9.17) is 0 Å². The Morgan fingerprint density at radius 1 is 1.08 bits per heavy atom. The molecule has 0 radical (unpaired) electrons. The van der Waals surface area contributed by atoms with Crippen LogP contribution in [0.4, 0.5) is 32.2 Å². The zero-order valence-electron chi connectivity index (χ0n) is 18.9. The average Bonchev–Trinajstić information content (AvgIpc) is 3.34. The predicted octanol–water partition coefficient (Wildman–Crippen LogP) is 3.66. The van der Waals surface area contributed by atoms with Gasteiger partial charge in [0.1, 0.15) is 23.7 Å². The van der Waals surface area contributed by atoms with Crippen molar-refractivity contribution in [3.63, 3.8) is 0 Å². The molecule has 192 valence electrons. The highest BCUT2D eigenvalue weighted by Gasteiger charge is 2.45. The third-order valence-electron chi connectivity index (χ3n) is 6.78. The molecule has 2 aliphatic heterocycles. The van der Waals surface area contributed by atoms with Gasteiger partial charge in [-0.2, -0.15) is 18.3 Å². The fourth-order valence-electron chi connectivity index (χ4n) is 4.85.